The summed E-state index contributed by atoms with van der Waals surface area (Å²) in [5.41, 5.74) is 0. The molecule has 0 aromatic heterocycles. The molecule has 0 N–H and O–H groups in total. The van der Waals surface area contributed by atoms with Crippen molar-refractivity contribution in [1.29, 1.82) is 0 Å². The third kappa shape index (κ3) is 1.60. The Kier molecular flexibility index (Phi) is 1.45. The average molecular weight is 138 g/mol. The van der Waals surface area contributed by atoms with Crippen molar-refractivity contribution in [2.24, 2.45) is 11.8 Å². The van der Waals surface area contributed by atoms with Crippen LogP contribution in [-0.4, -0.2) is 6.18 Å². The summed E-state index contributed by atoms with van der Waals surface area (Å²) in [6.07, 6.45) is -2.43. The van der Waals surface area contributed by atoms with Crippen molar-refractivity contribution in [3.63, 3.8) is 0 Å². The Balaban J connectivity index is 2.40. The van der Waals surface area contributed by atoms with E-state index in [9.17, 15) is 13.2 Å². The van der Waals surface area contributed by atoms with E-state index in [0.717, 1.165) is 12.8 Å². The minimum atomic E-state index is -3.96. The van der Waals surface area contributed by atoms with Crippen molar-refractivity contribution >= 4 is 0 Å². The van der Waals surface area contributed by atoms with Crippen molar-refractivity contribution in [2.45, 2.75) is 25.9 Å². The van der Waals surface area contributed by atoms with E-state index in [4.69, 9.17) is 0 Å². The van der Waals surface area contributed by atoms with Crippen LogP contribution in [0.4, 0.5) is 13.2 Å². The van der Waals surface area contributed by atoms with Crippen LogP contribution in [0.2, 0.25) is 0 Å². The van der Waals surface area contributed by atoms with E-state index in [1.165, 1.54) is 6.92 Å². The molecule has 0 spiro atoms. The third-order valence-corrected chi connectivity index (χ3v) is 1.85. The maximum Gasteiger partial charge on any atom is 0.391 e. The van der Waals surface area contributed by atoms with Crippen LogP contribution in [0.15, 0.2) is 0 Å². The number of rotatable bonds is 1. The fourth-order valence-corrected chi connectivity index (χ4v) is 0.863. The number of alkyl halides is 3. The molecule has 0 radical (unpaired) electrons. The lowest BCUT2D eigenvalue weighted by Crippen LogP contribution is -2.21. The van der Waals surface area contributed by atoms with Crippen molar-refractivity contribution in [3.05, 3.63) is 0 Å². The summed E-state index contributed by atoms with van der Waals surface area (Å²) in [7, 11) is 0. The van der Waals surface area contributed by atoms with Gasteiger partial charge in [-0.1, -0.05) is 6.92 Å². The van der Waals surface area contributed by atoms with Crippen LogP contribution in [0.25, 0.3) is 0 Å². The highest BCUT2D eigenvalue weighted by Gasteiger charge is 2.45. The van der Waals surface area contributed by atoms with Gasteiger partial charge in [0.2, 0.25) is 0 Å². The predicted molar refractivity (Wildman–Crippen MR) is 27.9 cm³/mol. The molecular formula is C6H9F3. The first-order valence-electron chi connectivity index (χ1n) is 3.08. The SMILES string of the molecule is C[C@@H](C1CC1)C(F)(F)F. The summed E-state index contributed by atoms with van der Waals surface area (Å²) in [6.45, 7) is 1.26. The van der Waals surface area contributed by atoms with Crippen molar-refractivity contribution < 1.29 is 13.2 Å². The van der Waals surface area contributed by atoms with Gasteiger partial charge < -0.3 is 0 Å². The molecular weight excluding hydrogens is 129 g/mol. The van der Waals surface area contributed by atoms with E-state index < -0.39 is 12.1 Å². The van der Waals surface area contributed by atoms with Crippen LogP contribution in [0.3, 0.4) is 0 Å². The van der Waals surface area contributed by atoms with Gasteiger partial charge in [0.05, 0.1) is 5.92 Å². The zero-order chi connectivity index (χ0) is 7.07. The lowest BCUT2D eigenvalue weighted by atomic mass is 10.1. The molecule has 1 aliphatic carbocycles. The number of hydrogen-bond donors (Lipinski definition) is 0. The highest BCUT2D eigenvalue weighted by Crippen LogP contribution is 2.44. The third-order valence-electron chi connectivity index (χ3n) is 1.85. The molecule has 9 heavy (non-hydrogen) atoms. The topological polar surface area (TPSA) is 0 Å². The standard InChI is InChI=1S/C6H9F3/c1-4(5-2-3-5)6(7,8)9/h4-5H,2-3H2,1H3/t4-/m0/s1. The number of hydrogen-bond acceptors (Lipinski definition) is 0. The van der Waals surface area contributed by atoms with Crippen LogP contribution in [0.5, 0.6) is 0 Å². The van der Waals surface area contributed by atoms with Crippen LogP contribution in [-0.2, 0) is 0 Å². The zero-order valence-corrected chi connectivity index (χ0v) is 5.20. The van der Waals surface area contributed by atoms with Crippen molar-refractivity contribution in [2.75, 3.05) is 0 Å². The summed E-state index contributed by atoms with van der Waals surface area (Å²) in [4.78, 5) is 0. The van der Waals surface area contributed by atoms with Crippen LogP contribution in [0.1, 0.15) is 19.8 Å². The van der Waals surface area contributed by atoms with Gasteiger partial charge in [-0.25, -0.2) is 0 Å². The van der Waals surface area contributed by atoms with Crippen molar-refractivity contribution in [1.82, 2.24) is 0 Å². The van der Waals surface area contributed by atoms with Gasteiger partial charge in [0.1, 0.15) is 0 Å². The second-order valence-electron chi connectivity index (χ2n) is 2.67. The summed E-state index contributed by atoms with van der Waals surface area (Å²) in [5.74, 6) is -1.14. The lowest BCUT2D eigenvalue weighted by molar-refractivity contribution is -0.174. The molecule has 0 unspecified atom stereocenters. The van der Waals surface area contributed by atoms with Crippen LogP contribution < -0.4 is 0 Å². The molecule has 54 valence electrons. The van der Waals surface area contributed by atoms with E-state index in [1.54, 1.807) is 0 Å². The van der Waals surface area contributed by atoms with Gasteiger partial charge in [-0.3, -0.25) is 0 Å². The second-order valence-corrected chi connectivity index (χ2v) is 2.67. The van der Waals surface area contributed by atoms with Gasteiger partial charge in [-0.2, -0.15) is 13.2 Å². The van der Waals surface area contributed by atoms with E-state index >= 15 is 0 Å². The maximum atomic E-state index is 11.7. The first-order chi connectivity index (χ1) is 4.02. The Morgan fingerprint density at radius 3 is 1.89 bits per heavy atom. The van der Waals surface area contributed by atoms with Gasteiger partial charge in [-0.15, -0.1) is 0 Å². The van der Waals surface area contributed by atoms with Crippen LogP contribution >= 0.6 is 0 Å². The molecule has 0 aliphatic heterocycles. The Morgan fingerprint density at radius 2 is 1.78 bits per heavy atom. The minimum Gasteiger partial charge on any atom is -0.171 e. The molecule has 0 saturated heterocycles. The maximum absolute atomic E-state index is 11.7. The molecule has 0 aromatic carbocycles. The Morgan fingerprint density at radius 1 is 1.33 bits per heavy atom. The largest absolute Gasteiger partial charge is 0.391 e. The molecule has 0 nitrogen and oxygen atoms in total. The summed E-state index contributed by atoms with van der Waals surface area (Å²) in [6, 6.07) is 0. The van der Waals surface area contributed by atoms with E-state index in [-0.39, 0.29) is 5.92 Å². The quantitative estimate of drug-likeness (QED) is 0.522. The summed E-state index contributed by atoms with van der Waals surface area (Å²) >= 11 is 0. The molecule has 0 heterocycles. The van der Waals surface area contributed by atoms with Gasteiger partial charge in [-0.05, 0) is 18.8 Å². The Labute approximate surface area is 52.1 Å². The molecule has 0 aromatic rings. The minimum absolute atomic E-state index is 0.0648. The summed E-state index contributed by atoms with van der Waals surface area (Å²) in [5, 5.41) is 0. The highest BCUT2D eigenvalue weighted by molar-refractivity contribution is 4.82. The normalized spacial score (nSPS) is 24.0. The lowest BCUT2D eigenvalue weighted by Gasteiger charge is -2.13. The summed E-state index contributed by atoms with van der Waals surface area (Å²) < 4.78 is 35.2. The molecule has 0 amide bonds. The van der Waals surface area contributed by atoms with E-state index in [2.05, 4.69) is 0 Å². The van der Waals surface area contributed by atoms with Crippen molar-refractivity contribution in [3.8, 4) is 0 Å². The second kappa shape index (κ2) is 1.89. The highest BCUT2D eigenvalue weighted by atomic mass is 19.4. The molecule has 1 atom stereocenters. The molecule has 1 aliphatic rings. The predicted octanol–water partition coefficient (Wildman–Crippen LogP) is 2.59. The van der Waals surface area contributed by atoms with Crippen LogP contribution in [0, 0.1) is 11.8 Å². The fourth-order valence-electron chi connectivity index (χ4n) is 0.863. The van der Waals surface area contributed by atoms with Gasteiger partial charge in [0.25, 0.3) is 0 Å². The number of halogens is 3. The van der Waals surface area contributed by atoms with E-state index in [1.807, 2.05) is 0 Å². The smallest absolute Gasteiger partial charge is 0.171 e. The molecule has 3 heteroatoms. The molecule has 1 fully saturated rings. The zero-order valence-electron chi connectivity index (χ0n) is 5.20. The van der Waals surface area contributed by atoms with Gasteiger partial charge >= 0.3 is 6.18 Å². The van der Waals surface area contributed by atoms with Gasteiger partial charge in [0.15, 0.2) is 0 Å². The fraction of sp³-hybridized carbons (Fsp3) is 1.00. The Hall–Kier alpha value is -0.210. The first-order valence-corrected chi connectivity index (χ1v) is 3.08. The monoisotopic (exact) mass is 138 g/mol. The molecule has 0 bridgehead atoms. The molecule has 1 rings (SSSR count). The van der Waals surface area contributed by atoms with Gasteiger partial charge in [0, 0.05) is 0 Å². The first kappa shape index (κ1) is 6.90. The average Bonchev–Trinajstić information content (AvgIpc) is 2.40. The van der Waals surface area contributed by atoms with E-state index in [0.29, 0.717) is 0 Å². The Bertz CT molecular complexity index is 101. The molecule has 1 saturated carbocycles.